The summed E-state index contributed by atoms with van der Waals surface area (Å²) in [6, 6.07) is 11.9. The van der Waals surface area contributed by atoms with Crippen LogP contribution in [0.1, 0.15) is 50.8 Å². The number of benzene rings is 2. The van der Waals surface area contributed by atoms with Gasteiger partial charge >= 0.3 is 5.97 Å². The van der Waals surface area contributed by atoms with Gasteiger partial charge in [-0.25, -0.2) is 17.9 Å². The molecule has 0 amide bonds. The van der Waals surface area contributed by atoms with Crippen molar-refractivity contribution in [3.63, 3.8) is 0 Å². The molecule has 0 saturated heterocycles. The van der Waals surface area contributed by atoms with E-state index in [1.54, 1.807) is 51.1 Å². The normalized spacial score (nSPS) is 16.6. The average Bonchev–Trinajstić information content (AvgIpc) is 2.65. The SMILES string of the molecule is CC(C)(C)OC(=O)COc1cccc2c1CCC[C@H]2NS(=O)(=O)c1ccc(I)cc1. The molecule has 0 heterocycles. The van der Waals surface area contributed by atoms with Gasteiger partial charge in [-0.2, -0.15) is 0 Å². The Bertz CT molecular complexity index is 1010. The summed E-state index contributed by atoms with van der Waals surface area (Å²) in [5.41, 5.74) is 1.25. The van der Waals surface area contributed by atoms with Gasteiger partial charge < -0.3 is 9.47 Å². The van der Waals surface area contributed by atoms with Gasteiger partial charge in [0.05, 0.1) is 4.90 Å². The van der Waals surface area contributed by atoms with E-state index in [0.717, 1.165) is 27.5 Å². The van der Waals surface area contributed by atoms with Crippen molar-refractivity contribution in [1.82, 2.24) is 4.72 Å². The zero-order valence-electron chi connectivity index (χ0n) is 17.3. The van der Waals surface area contributed by atoms with Gasteiger partial charge in [-0.3, -0.25) is 0 Å². The number of ether oxygens (including phenoxy) is 2. The summed E-state index contributed by atoms with van der Waals surface area (Å²) in [6.07, 6.45) is 2.29. The molecule has 0 bridgehead atoms. The van der Waals surface area contributed by atoms with E-state index < -0.39 is 21.6 Å². The summed E-state index contributed by atoms with van der Waals surface area (Å²) in [5.74, 6) is 0.156. The van der Waals surface area contributed by atoms with Crippen molar-refractivity contribution in [2.45, 2.75) is 56.6 Å². The molecule has 0 aromatic heterocycles. The first-order valence-electron chi connectivity index (χ1n) is 9.79. The highest BCUT2D eigenvalue weighted by Crippen LogP contribution is 2.36. The fraction of sp³-hybridized carbons (Fsp3) is 0.409. The van der Waals surface area contributed by atoms with Gasteiger partial charge in [-0.05, 0) is 104 Å². The number of esters is 1. The molecule has 0 saturated carbocycles. The van der Waals surface area contributed by atoms with E-state index in [1.165, 1.54) is 0 Å². The van der Waals surface area contributed by atoms with Crippen LogP contribution in [0.4, 0.5) is 0 Å². The Balaban J connectivity index is 1.77. The molecule has 1 N–H and O–H groups in total. The fourth-order valence-electron chi connectivity index (χ4n) is 3.45. The van der Waals surface area contributed by atoms with Gasteiger partial charge in [-0.1, -0.05) is 12.1 Å². The fourth-order valence-corrected chi connectivity index (χ4v) is 5.06. The second-order valence-corrected chi connectivity index (χ2v) is 11.2. The van der Waals surface area contributed by atoms with Crippen LogP contribution >= 0.6 is 22.6 Å². The molecule has 1 aliphatic rings. The maximum atomic E-state index is 12.8. The molecule has 162 valence electrons. The smallest absolute Gasteiger partial charge is 0.344 e. The summed E-state index contributed by atoms with van der Waals surface area (Å²) < 4.78 is 40.5. The molecule has 0 aliphatic heterocycles. The van der Waals surface area contributed by atoms with Crippen molar-refractivity contribution in [1.29, 1.82) is 0 Å². The molecule has 0 unspecified atom stereocenters. The van der Waals surface area contributed by atoms with E-state index in [9.17, 15) is 13.2 Å². The van der Waals surface area contributed by atoms with Gasteiger partial charge in [0.15, 0.2) is 6.61 Å². The lowest BCUT2D eigenvalue weighted by Crippen LogP contribution is -2.31. The van der Waals surface area contributed by atoms with Crippen LogP contribution in [0.25, 0.3) is 0 Å². The van der Waals surface area contributed by atoms with Crippen LogP contribution in [0.5, 0.6) is 5.75 Å². The molecule has 0 spiro atoms. The first kappa shape index (κ1) is 23.0. The molecular weight excluding hydrogens is 517 g/mol. The number of nitrogens with one attached hydrogen (secondary N) is 1. The van der Waals surface area contributed by atoms with Crippen molar-refractivity contribution < 1.29 is 22.7 Å². The molecular formula is C22H26INO5S. The molecule has 8 heteroatoms. The molecule has 6 nitrogen and oxygen atoms in total. The maximum Gasteiger partial charge on any atom is 0.344 e. The zero-order valence-corrected chi connectivity index (χ0v) is 20.2. The second-order valence-electron chi connectivity index (χ2n) is 8.22. The predicted molar refractivity (Wildman–Crippen MR) is 123 cm³/mol. The Morgan fingerprint density at radius 2 is 1.87 bits per heavy atom. The minimum Gasteiger partial charge on any atom is -0.482 e. The topological polar surface area (TPSA) is 81.7 Å². The number of hydrogen-bond donors (Lipinski definition) is 1. The van der Waals surface area contributed by atoms with Crippen molar-refractivity contribution >= 4 is 38.6 Å². The predicted octanol–water partition coefficient (Wildman–Crippen LogP) is 4.37. The minimum absolute atomic E-state index is 0.188. The van der Waals surface area contributed by atoms with Crippen molar-refractivity contribution in [3.8, 4) is 5.75 Å². The van der Waals surface area contributed by atoms with Crippen LogP contribution < -0.4 is 9.46 Å². The standard InChI is InChI=1S/C22H26INO5S/c1-22(2,3)29-21(25)14-28-20-9-5-6-17-18(20)7-4-8-19(17)24-30(26,27)16-12-10-15(23)11-13-16/h5-6,9-13,19,24H,4,7-8,14H2,1-3H3/t19-/m1/s1. The Morgan fingerprint density at radius 1 is 1.17 bits per heavy atom. The summed E-state index contributed by atoms with van der Waals surface area (Å²) in [7, 11) is -3.65. The summed E-state index contributed by atoms with van der Waals surface area (Å²) in [5, 5.41) is 0. The maximum absolute atomic E-state index is 12.8. The molecule has 0 fully saturated rings. The van der Waals surface area contributed by atoms with E-state index in [2.05, 4.69) is 27.3 Å². The quantitative estimate of drug-likeness (QED) is 0.433. The first-order valence-corrected chi connectivity index (χ1v) is 12.4. The second kappa shape index (κ2) is 9.23. The Kier molecular flexibility index (Phi) is 7.09. The number of carbonyl (C=O) groups is 1. The first-order chi connectivity index (χ1) is 14.0. The number of fused-ring (bicyclic) bond motifs is 1. The Hall–Kier alpha value is -1.65. The number of rotatable bonds is 6. The van der Waals surface area contributed by atoms with E-state index in [0.29, 0.717) is 12.2 Å². The summed E-state index contributed by atoms with van der Waals surface area (Å²) in [6.45, 7) is 5.23. The van der Waals surface area contributed by atoms with Gasteiger partial charge in [0.1, 0.15) is 11.4 Å². The van der Waals surface area contributed by atoms with E-state index >= 15 is 0 Å². The number of sulfonamides is 1. The van der Waals surface area contributed by atoms with Gasteiger partial charge in [0.2, 0.25) is 10.0 Å². The highest BCUT2D eigenvalue weighted by atomic mass is 127. The summed E-state index contributed by atoms with van der Waals surface area (Å²) >= 11 is 2.14. The Morgan fingerprint density at radius 3 is 2.53 bits per heavy atom. The molecule has 2 aromatic carbocycles. The molecule has 0 radical (unpaired) electrons. The van der Waals surface area contributed by atoms with Crippen LogP contribution in [0, 0.1) is 3.57 Å². The average molecular weight is 543 g/mol. The van der Waals surface area contributed by atoms with Crippen LogP contribution in [-0.4, -0.2) is 26.6 Å². The minimum atomic E-state index is -3.65. The third-order valence-electron chi connectivity index (χ3n) is 4.65. The number of carbonyl (C=O) groups excluding carboxylic acids is 1. The zero-order chi connectivity index (χ0) is 21.9. The largest absolute Gasteiger partial charge is 0.482 e. The lowest BCUT2D eigenvalue weighted by molar-refractivity contribution is -0.157. The van der Waals surface area contributed by atoms with E-state index in [4.69, 9.17) is 9.47 Å². The number of halogens is 1. The van der Waals surface area contributed by atoms with Crippen LogP contribution in [0.2, 0.25) is 0 Å². The summed E-state index contributed by atoms with van der Waals surface area (Å²) in [4.78, 5) is 12.2. The van der Waals surface area contributed by atoms with Crippen molar-refractivity contribution in [2.75, 3.05) is 6.61 Å². The monoisotopic (exact) mass is 543 g/mol. The van der Waals surface area contributed by atoms with E-state index in [1.807, 2.05) is 12.1 Å². The third-order valence-corrected chi connectivity index (χ3v) is 6.86. The lowest BCUT2D eigenvalue weighted by atomic mass is 9.87. The third kappa shape index (κ3) is 5.95. The molecule has 2 aromatic rings. The molecule has 1 atom stereocenters. The molecule has 1 aliphatic carbocycles. The van der Waals surface area contributed by atoms with Gasteiger partial charge in [-0.15, -0.1) is 0 Å². The van der Waals surface area contributed by atoms with Crippen LogP contribution in [-0.2, 0) is 26.0 Å². The number of hydrogen-bond acceptors (Lipinski definition) is 5. The molecule has 3 rings (SSSR count). The van der Waals surface area contributed by atoms with Crippen molar-refractivity contribution in [2.24, 2.45) is 0 Å². The van der Waals surface area contributed by atoms with Crippen molar-refractivity contribution in [3.05, 3.63) is 57.2 Å². The highest BCUT2D eigenvalue weighted by molar-refractivity contribution is 14.1. The van der Waals surface area contributed by atoms with Crippen LogP contribution in [0.3, 0.4) is 0 Å². The van der Waals surface area contributed by atoms with Crippen LogP contribution in [0.15, 0.2) is 47.4 Å². The highest BCUT2D eigenvalue weighted by Gasteiger charge is 2.28. The van der Waals surface area contributed by atoms with Gasteiger partial charge in [0, 0.05) is 9.61 Å². The van der Waals surface area contributed by atoms with Gasteiger partial charge in [0.25, 0.3) is 0 Å². The lowest BCUT2D eigenvalue weighted by Gasteiger charge is -2.28. The van der Waals surface area contributed by atoms with E-state index in [-0.39, 0.29) is 17.5 Å². The Labute approximate surface area is 191 Å². The molecule has 30 heavy (non-hydrogen) atoms.